The van der Waals surface area contributed by atoms with Gasteiger partial charge in [-0.05, 0) is 93.6 Å². The molecule has 8 heterocycles. The van der Waals surface area contributed by atoms with Gasteiger partial charge in [0.25, 0.3) is 0 Å². The highest BCUT2D eigenvalue weighted by Gasteiger charge is 2.53. The fourth-order valence-corrected chi connectivity index (χ4v) is 14.6. The maximum absolute atomic E-state index is 6.90. The van der Waals surface area contributed by atoms with Gasteiger partial charge in [0, 0.05) is 76.9 Å². The van der Waals surface area contributed by atoms with Gasteiger partial charge in [-0.1, -0.05) is 158 Å². The van der Waals surface area contributed by atoms with E-state index in [1.807, 2.05) is 0 Å². The van der Waals surface area contributed by atoms with E-state index in [2.05, 4.69) is 237 Å². The lowest BCUT2D eigenvalue weighted by Crippen LogP contribution is -2.62. The molecule has 0 unspecified atom stereocenters. The molecule has 15 aromatic rings. The predicted molar refractivity (Wildman–Crippen MR) is 308 cm³/mol. The number of anilines is 6. The first-order chi connectivity index (χ1) is 36.8. The van der Waals surface area contributed by atoms with Crippen molar-refractivity contribution in [2.75, 3.05) is 9.80 Å². The van der Waals surface area contributed by atoms with E-state index in [4.69, 9.17) is 8.83 Å². The Morgan fingerprint density at radius 3 is 1.15 bits per heavy atom. The Kier molecular flexibility index (Phi) is 6.82. The molecule has 338 valence electrons. The van der Waals surface area contributed by atoms with Crippen LogP contribution in [0, 0.1) is 0 Å². The first kappa shape index (κ1) is 38.1. The zero-order valence-corrected chi connectivity index (χ0v) is 39.5. The van der Waals surface area contributed by atoms with Gasteiger partial charge in [0.05, 0.1) is 33.5 Å². The number of nitrogens with zero attached hydrogens (tertiary/aromatic N) is 4. The Morgan fingerprint density at radius 2 is 0.689 bits per heavy atom. The second-order valence-electron chi connectivity index (χ2n) is 20.5. The van der Waals surface area contributed by atoms with E-state index in [9.17, 15) is 0 Å². The van der Waals surface area contributed by atoms with Crippen LogP contribution in [0.5, 0.6) is 0 Å². The van der Waals surface area contributed by atoms with Gasteiger partial charge in [0.15, 0.2) is 0 Å². The van der Waals surface area contributed by atoms with Crippen LogP contribution in [0.25, 0.3) is 110 Å². The molecule has 0 radical (unpaired) electrons. The van der Waals surface area contributed by atoms with Crippen molar-refractivity contribution in [1.82, 2.24) is 8.96 Å². The highest BCUT2D eigenvalue weighted by Crippen LogP contribution is 2.58. The monoisotopic (exact) mass is 938 g/mol. The number of furan rings is 2. The van der Waals surface area contributed by atoms with Crippen molar-refractivity contribution in [1.29, 1.82) is 0 Å². The Bertz CT molecular complexity index is 4750. The molecule has 0 N–H and O–H groups in total. The summed E-state index contributed by atoms with van der Waals surface area (Å²) in [5.41, 5.74) is 25.4. The van der Waals surface area contributed by atoms with E-state index in [1.165, 1.54) is 87.7 Å². The van der Waals surface area contributed by atoms with Gasteiger partial charge in [-0.2, -0.15) is 0 Å². The summed E-state index contributed by atoms with van der Waals surface area (Å²) in [5, 5.41) is 9.45. The molecule has 8 heteroatoms. The van der Waals surface area contributed by atoms with Gasteiger partial charge >= 0.3 is 13.7 Å². The van der Waals surface area contributed by atoms with Crippen LogP contribution in [0.1, 0.15) is 0 Å². The molecular weight excluding hydrogens is 902 g/mol. The second-order valence-corrected chi connectivity index (χ2v) is 20.5. The van der Waals surface area contributed by atoms with E-state index in [0.29, 0.717) is 0 Å². The molecular formula is C66H36B2N4O2. The quantitative estimate of drug-likeness (QED) is 0.162. The minimum atomic E-state index is -0.234. The summed E-state index contributed by atoms with van der Waals surface area (Å²) < 4.78 is 19.2. The van der Waals surface area contributed by atoms with Crippen LogP contribution in [0.4, 0.5) is 34.1 Å². The van der Waals surface area contributed by atoms with Crippen LogP contribution < -0.4 is 31.7 Å². The summed E-state index contributed by atoms with van der Waals surface area (Å²) in [6.45, 7) is -0.469. The average molecular weight is 939 g/mol. The molecule has 0 saturated carbocycles. The second kappa shape index (κ2) is 13.2. The van der Waals surface area contributed by atoms with Gasteiger partial charge in [0.2, 0.25) is 0 Å². The summed E-state index contributed by atoms with van der Waals surface area (Å²) in [5.74, 6) is 0. The van der Waals surface area contributed by atoms with Gasteiger partial charge < -0.3 is 27.6 Å². The van der Waals surface area contributed by atoms with Gasteiger partial charge in [-0.3, -0.25) is 0 Å². The Morgan fingerprint density at radius 1 is 0.297 bits per heavy atom. The van der Waals surface area contributed by atoms with Crippen molar-refractivity contribution in [2.45, 2.75) is 0 Å². The van der Waals surface area contributed by atoms with E-state index >= 15 is 0 Å². The third-order valence-corrected chi connectivity index (χ3v) is 17.2. The summed E-state index contributed by atoms with van der Waals surface area (Å²) >= 11 is 0. The lowest BCUT2D eigenvalue weighted by molar-refractivity contribution is 0.668. The van der Waals surface area contributed by atoms with E-state index in [-0.39, 0.29) is 13.7 Å². The van der Waals surface area contributed by atoms with Crippen LogP contribution in [0.2, 0.25) is 0 Å². The molecule has 4 aliphatic heterocycles. The zero-order valence-electron chi connectivity index (χ0n) is 39.5. The van der Waals surface area contributed by atoms with Gasteiger partial charge in [-0.15, -0.1) is 0 Å². The number of rotatable bonds is 2. The normalized spacial score (nSPS) is 13.8. The number of hydrogen-bond acceptors (Lipinski definition) is 4. The SMILES string of the molecule is c1ccc(N2c3c4c(c5c6c3N(c3ccccc3)c3c(ccc7oc8ccccc8c37)B6n3c6ccccc6c6cccc-5c63)-c3cccc5c6ccccc6n(c35)B4c3ccc4oc5ccccc5c4c32)cc1. The van der Waals surface area contributed by atoms with E-state index < -0.39 is 0 Å². The molecule has 0 aliphatic carbocycles. The predicted octanol–water partition coefficient (Wildman–Crippen LogP) is 14.5. The Balaban J connectivity index is 1.13. The number of aromatic nitrogens is 2. The largest absolute Gasteiger partial charge is 0.456 e. The molecule has 0 atom stereocenters. The molecule has 0 fully saturated rings. The Labute approximate surface area is 423 Å². The fraction of sp³-hybridized carbons (Fsp3) is 0. The molecule has 4 aliphatic rings. The Hall–Kier alpha value is -9.65. The lowest BCUT2D eigenvalue weighted by Gasteiger charge is -2.48. The molecule has 11 aromatic carbocycles. The zero-order chi connectivity index (χ0) is 47.7. The first-order valence-corrected chi connectivity index (χ1v) is 25.7. The third-order valence-electron chi connectivity index (χ3n) is 17.2. The maximum atomic E-state index is 6.90. The molecule has 0 saturated heterocycles. The minimum Gasteiger partial charge on any atom is -0.456 e. The minimum absolute atomic E-state index is 0.234. The van der Waals surface area contributed by atoms with Crippen molar-refractivity contribution in [3.63, 3.8) is 0 Å². The summed E-state index contributed by atoms with van der Waals surface area (Å²) in [6.07, 6.45) is 0. The van der Waals surface area contributed by atoms with Crippen molar-refractivity contribution in [3.05, 3.63) is 218 Å². The maximum Gasteiger partial charge on any atom is 0.333 e. The summed E-state index contributed by atoms with van der Waals surface area (Å²) in [4.78, 5) is 5.27. The molecule has 6 nitrogen and oxygen atoms in total. The lowest BCUT2D eigenvalue weighted by atomic mass is 9.40. The molecule has 0 amide bonds. The highest BCUT2D eigenvalue weighted by atomic mass is 16.3. The van der Waals surface area contributed by atoms with Crippen LogP contribution in [0.15, 0.2) is 227 Å². The highest BCUT2D eigenvalue weighted by molar-refractivity contribution is 6.94. The van der Waals surface area contributed by atoms with E-state index in [0.717, 1.165) is 78.0 Å². The number of benzene rings is 11. The van der Waals surface area contributed by atoms with Crippen molar-refractivity contribution < 1.29 is 8.83 Å². The van der Waals surface area contributed by atoms with Crippen LogP contribution in [-0.4, -0.2) is 22.7 Å². The molecule has 19 rings (SSSR count). The average Bonchev–Trinajstić information content (AvgIpc) is 4.37. The van der Waals surface area contributed by atoms with Gasteiger partial charge in [-0.25, -0.2) is 0 Å². The smallest absolute Gasteiger partial charge is 0.333 e. The van der Waals surface area contributed by atoms with Gasteiger partial charge in [0.1, 0.15) is 22.3 Å². The summed E-state index contributed by atoms with van der Waals surface area (Å²) in [7, 11) is 0. The van der Waals surface area contributed by atoms with Crippen LogP contribution in [0.3, 0.4) is 0 Å². The molecule has 74 heavy (non-hydrogen) atoms. The van der Waals surface area contributed by atoms with Crippen molar-refractivity contribution >= 4 is 157 Å². The van der Waals surface area contributed by atoms with Crippen molar-refractivity contribution in [2.24, 2.45) is 0 Å². The molecule has 4 aromatic heterocycles. The molecule has 0 spiro atoms. The fourth-order valence-electron chi connectivity index (χ4n) is 14.6. The van der Waals surface area contributed by atoms with Crippen LogP contribution >= 0.6 is 0 Å². The first-order valence-electron chi connectivity index (χ1n) is 25.7. The molecule has 0 bridgehead atoms. The topological polar surface area (TPSA) is 42.6 Å². The number of fused-ring (bicyclic) bond motifs is 24. The van der Waals surface area contributed by atoms with E-state index in [1.54, 1.807) is 0 Å². The number of para-hydroxylation sites is 8. The van der Waals surface area contributed by atoms with Crippen LogP contribution in [-0.2, 0) is 0 Å². The summed E-state index contributed by atoms with van der Waals surface area (Å²) in [6, 6.07) is 80.8. The standard InChI is InChI=1S/C66H36B2N4O2/c1-3-17-37(18-4-1)69-63-47(33-35-53-55(63)43-23-9-13-31-51(43)73-53)67-59-57(45-27-15-25-41-39-21-7-11-29-49(39)71(67)61(41)45)58-46-28-16-26-42-40-22-8-12-30-50(40)72(62(42)46)68-48-34-36-54-56(44-24-10-14-32-52(44)74-54)64(48)70(38-19-5-2-6-20-38)66(60(58)68)65(59)69/h1-36H. The number of hydrogen-bond donors (Lipinski definition) is 0. The third kappa shape index (κ3) is 4.35. The van der Waals surface area contributed by atoms with Crippen molar-refractivity contribution in [3.8, 4) is 22.3 Å².